The van der Waals surface area contributed by atoms with Crippen molar-refractivity contribution in [3.63, 3.8) is 0 Å². The molecule has 0 radical (unpaired) electrons. The van der Waals surface area contributed by atoms with Crippen molar-refractivity contribution >= 4 is 22.4 Å². The van der Waals surface area contributed by atoms with Crippen LogP contribution in [0.25, 0.3) is 33.3 Å². The van der Waals surface area contributed by atoms with Crippen molar-refractivity contribution in [1.29, 1.82) is 0 Å². The van der Waals surface area contributed by atoms with Gasteiger partial charge in [0.2, 0.25) is 0 Å². The van der Waals surface area contributed by atoms with Crippen LogP contribution < -0.4 is 10.9 Å². The van der Waals surface area contributed by atoms with Gasteiger partial charge in [0, 0.05) is 59.1 Å². The molecule has 0 fully saturated rings. The Kier molecular flexibility index (Phi) is 5.01. The number of nitrogens with one attached hydrogen (secondary N) is 2. The average Bonchev–Trinajstić information content (AvgIpc) is 3.27. The van der Waals surface area contributed by atoms with Crippen molar-refractivity contribution in [2.45, 2.75) is 20.8 Å². The van der Waals surface area contributed by atoms with Crippen molar-refractivity contribution < 1.29 is 0 Å². The number of anilines is 2. The summed E-state index contributed by atoms with van der Waals surface area (Å²) in [4.78, 5) is 21.9. The van der Waals surface area contributed by atoms with Gasteiger partial charge in [0.15, 0.2) is 5.82 Å². The lowest BCUT2D eigenvalue weighted by molar-refractivity contribution is 0.905. The molecule has 1 aromatic carbocycles. The monoisotopic (exact) mass is 436 g/mol. The molecule has 33 heavy (non-hydrogen) atoms. The number of aromatic nitrogens is 5. The Labute approximate surface area is 191 Å². The van der Waals surface area contributed by atoms with Crippen molar-refractivity contribution in [1.82, 2.24) is 24.7 Å². The van der Waals surface area contributed by atoms with Crippen molar-refractivity contribution in [2.24, 2.45) is 7.05 Å². The number of hydrogen-bond acceptors (Lipinski definition) is 5. The lowest BCUT2D eigenvalue weighted by Gasteiger charge is -2.13. The van der Waals surface area contributed by atoms with E-state index in [1.54, 1.807) is 11.6 Å². The van der Waals surface area contributed by atoms with Gasteiger partial charge >= 0.3 is 0 Å². The third-order valence-electron chi connectivity index (χ3n) is 5.85. The van der Waals surface area contributed by atoms with Crippen molar-refractivity contribution in [3.8, 4) is 22.4 Å². The van der Waals surface area contributed by atoms with Crippen LogP contribution in [0.2, 0.25) is 0 Å². The Morgan fingerprint density at radius 1 is 0.879 bits per heavy atom. The van der Waals surface area contributed by atoms with Gasteiger partial charge in [-0.2, -0.15) is 5.10 Å². The molecular formula is C26H24N6O. The number of hydrogen-bond donors (Lipinski definition) is 2. The third-order valence-corrected chi connectivity index (χ3v) is 5.85. The summed E-state index contributed by atoms with van der Waals surface area (Å²) in [5.41, 5.74) is 7.91. The summed E-state index contributed by atoms with van der Waals surface area (Å²) in [6.07, 6.45) is 3.64. The molecule has 0 aliphatic rings. The zero-order chi connectivity index (χ0) is 23.1. The first kappa shape index (κ1) is 20.6. The quantitative estimate of drug-likeness (QED) is 0.411. The maximum absolute atomic E-state index is 13.2. The number of benzene rings is 1. The third kappa shape index (κ3) is 3.89. The summed E-state index contributed by atoms with van der Waals surface area (Å²) < 4.78 is 1.69. The maximum Gasteiger partial charge on any atom is 0.258 e. The van der Waals surface area contributed by atoms with Gasteiger partial charge < -0.3 is 9.88 Å². The fourth-order valence-corrected chi connectivity index (χ4v) is 3.96. The number of nitrogens with zero attached hydrogens (tertiary/aromatic N) is 4. The summed E-state index contributed by atoms with van der Waals surface area (Å²) in [6, 6.07) is 15.8. The normalized spacial score (nSPS) is 11.2. The van der Waals surface area contributed by atoms with Gasteiger partial charge in [0.05, 0.1) is 11.2 Å². The van der Waals surface area contributed by atoms with E-state index in [4.69, 9.17) is 0 Å². The van der Waals surface area contributed by atoms with Crippen LogP contribution in [0.5, 0.6) is 0 Å². The minimum atomic E-state index is -0.0396. The van der Waals surface area contributed by atoms with E-state index in [-0.39, 0.29) is 5.56 Å². The molecule has 0 bridgehead atoms. The lowest BCUT2D eigenvalue weighted by Crippen LogP contribution is -2.19. The predicted molar refractivity (Wildman–Crippen MR) is 132 cm³/mol. The molecule has 7 nitrogen and oxygen atoms in total. The first-order chi connectivity index (χ1) is 15.9. The highest BCUT2D eigenvalue weighted by Crippen LogP contribution is 2.29. The van der Waals surface area contributed by atoms with Gasteiger partial charge in [-0.05, 0) is 68.3 Å². The number of pyridine rings is 3. The second kappa shape index (κ2) is 8.02. The number of H-pyrrole nitrogens is 1. The van der Waals surface area contributed by atoms with Gasteiger partial charge in [-0.3, -0.25) is 19.9 Å². The smallest absolute Gasteiger partial charge is 0.258 e. The summed E-state index contributed by atoms with van der Waals surface area (Å²) >= 11 is 0. The molecule has 0 atom stereocenters. The van der Waals surface area contributed by atoms with E-state index < -0.39 is 0 Å². The number of rotatable bonds is 4. The van der Waals surface area contributed by atoms with Crippen LogP contribution in [0.15, 0.2) is 65.7 Å². The molecule has 4 aromatic heterocycles. The van der Waals surface area contributed by atoms with E-state index in [0.29, 0.717) is 11.4 Å². The minimum absolute atomic E-state index is 0.0396. The largest absolute Gasteiger partial charge is 0.339 e. The molecule has 0 aliphatic carbocycles. The summed E-state index contributed by atoms with van der Waals surface area (Å²) in [5.74, 6) is 0.687. The van der Waals surface area contributed by atoms with E-state index in [1.165, 1.54) is 0 Å². The topological polar surface area (TPSA) is 88.5 Å². The van der Waals surface area contributed by atoms with Gasteiger partial charge in [0.1, 0.15) is 0 Å². The SMILES string of the molecule is Cc1ccc(-c2cc(Nc3ccc(C)c(-c4cc5cnc(C)cc5n(C)c4=O)c3)n[nH]2)cn1. The maximum atomic E-state index is 13.2. The van der Waals surface area contributed by atoms with E-state index in [2.05, 4.69) is 25.5 Å². The molecule has 0 unspecified atom stereocenters. The number of fused-ring (bicyclic) bond motifs is 1. The molecule has 5 rings (SSSR count). The predicted octanol–water partition coefficient (Wildman–Crippen LogP) is 5.05. The van der Waals surface area contributed by atoms with E-state index in [1.807, 2.05) is 81.7 Å². The first-order valence-electron chi connectivity index (χ1n) is 10.7. The molecule has 0 amide bonds. The summed E-state index contributed by atoms with van der Waals surface area (Å²) in [5, 5.41) is 11.7. The van der Waals surface area contributed by atoms with Crippen LogP contribution in [0.3, 0.4) is 0 Å². The number of aryl methyl sites for hydroxylation is 4. The fraction of sp³-hybridized carbons (Fsp3) is 0.154. The standard InChI is InChI=1S/C26H24N6O/c1-15-5-8-20(29-25-12-23(30-31-25)18-7-6-16(2)27-13-18)11-21(15)22-10-19-14-28-17(3)9-24(19)32(4)26(22)33/h5-14H,1-4H3,(H2,29,30,31). The van der Waals surface area contributed by atoms with Crippen LogP contribution in [-0.2, 0) is 7.05 Å². The molecule has 0 saturated heterocycles. The summed E-state index contributed by atoms with van der Waals surface area (Å²) in [7, 11) is 1.80. The fourth-order valence-electron chi connectivity index (χ4n) is 3.96. The highest BCUT2D eigenvalue weighted by Gasteiger charge is 2.13. The van der Waals surface area contributed by atoms with Crippen LogP contribution in [-0.4, -0.2) is 24.7 Å². The van der Waals surface area contributed by atoms with Gasteiger partial charge in [-0.15, -0.1) is 0 Å². The van der Waals surface area contributed by atoms with E-state index in [9.17, 15) is 4.79 Å². The Balaban J connectivity index is 1.51. The Morgan fingerprint density at radius 2 is 1.70 bits per heavy atom. The Bertz CT molecular complexity index is 1550. The Hall–Kier alpha value is -4.26. The average molecular weight is 437 g/mol. The van der Waals surface area contributed by atoms with E-state index >= 15 is 0 Å². The highest BCUT2D eigenvalue weighted by molar-refractivity contribution is 5.85. The molecule has 164 valence electrons. The molecule has 5 aromatic rings. The molecule has 4 heterocycles. The molecular weight excluding hydrogens is 412 g/mol. The number of aromatic amines is 1. The zero-order valence-electron chi connectivity index (χ0n) is 19.0. The van der Waals surface area contributed by atoms with Crippen LogP contribution >= 0.6 is 0 Å². The van der Waals surface area contributed by atoms with Gasteiger partial charge in [-0.1, -0.05) is 6.07 Å². The second-order valence-electron chi connectivity index (χ2n) is 8.32. The second-order valence-corrected chi connectivity index (χ2v) is 8.32. The minimum Gasteiger partial charge on any atom is -0.339 e. The van der Waals surface area contributed by atoms with E-state index in [0.717, 1.165) is 50.4 Å². The van der Waals surface area contributed by atoms with Crippen molar-refractivity contribution in [3.05, 3.63) is 88.2 Å². The van der Waals surface area contributed by atoms with Crippen LogP contribution in [0.1, 0.15) is 17.0 Å². The lowest BCUT2D eigenvalue weighted by atomic mass is 9.99. The van der Waals surface area contributed by atoms with Crippen molar-refractivity contribution in [2.75, 3.05) is 5.32 Å². The first-order valence-corrected chi connectivity index (χ1v) is 10.7. The van der Waals surface area contributed by atoms with Crippen LogP contribution in [0.4, 0.5) is 11.5 Å². The summed E-state index contributed by atoms with van der Waals surface area (Å²) in [6.45, 7) is 5.89. The van der Waals surface area contributed by atoms with Gasteiger partial charge in [-0.25, -0.2) is 0 Å². The molecule has 7 heteroatoms. The highest BCUT2D eigenvalue weighted by atomic mass is 16.1. The molecule has 0 spiro atoms. The van der Waals surface area contributed by atoms with Crippen LogP contribution in [0, 0.1) is 20.8 Å². The molecule has 2 N–H and O–H groups in total. The van der Waals surface area contributed by atoms with Gasteiger partial charge in [0.25, 0.3) is 5.56 Å². The molecule has 0 aliphatic heterocycles. The molecule has 0 saturated carbocycles. The Morgan fingerprint density at radius 3 is 2.48 bits per heavy atom. The zero-order valence-corrected chi connectivity index (χ0v) is 19.0.